The number of nitrogens with zero attached hydrogens (tertiary/aromatic N) is 14. The van der Waals surface area contributed by atoms with E-state index in [-0.39, 0.29) is 36.2 Å². The van der Waals surface area contributed by atoms with Gasteiger partial charge in [0.25, 0.3) is 5.91 Å². The van der Waals surface area contributed by atoms with Gasteiger partial charge < -0.3 is 39.1 Å². The minimum atomic E-state index is -0.332. The molecule has 4 saturated heterocycles. The maximum absolute atomic E-state index is 12.8. The van der Waals surface area contributed by atoms with E-state index in [0.717, 1.165) is 235 Å². The molecular weight excluding hydrogens is 1380 g/mol. The van der Waals surface area contributed by atoms with Crippen LogP contribution in [-0.4, -0.2) is 186 Å². The molecule has 0 saturated carbocycles. The SMILES string of the molecule is CCCNC(=O)COc1c(C)cc2cccnc2c1N1CCCN(Cc2ccn(-c3ccccc3)n2)CC1.COc1ccc2cccnc2c1N1CCCN(C(C(C)=O)c2csc(-c3ccccc3)n2)CC1.COc1ccc2cccnc2c1N1CCCN(C(CC(C)=O)c2csc(N3CCCCC3)n2)CC1. The minimum Gasteiger partial charge on any atom is -0.494 e. The van der Waals surface area contributed by atoms with Gasteiger partial charge in [-0.25, -0.2) is 14.6 Å². The number of methoxy groups -OCH3 is 2. The Bertz CT molecular complexity index is 4760. The molecule has 23 heteroatoms. The fourth-order valence-electron chi connectivity index (χ4n) is 15.2. The fraction of sp³-hybridized carbons (Fsp3) is 0.393. The van der Waals surface area contributed by atoms with E-state index in [1.54, 1.807) is 50.7 Å². The second-order valence-corrected chi connectivity index (χ2v) is 29.6. The van der Waals surface area contributed by atoms with Gasteiger partial charge in [0.15, 0.2) is 17.5 Å². The van der Waals surface area contributed by atoms with Crippen molar-refractivity contribution in [2.45, 2.75) is 97.7 Å². The number of ether oxygens (including phenoxy) is 3. The second kappa shape index (κ2) is 36.6. The van der Waals surface area contributed by atoms with Crippen molar-refractivity contribution in [2.75, 3.05) is 139 Å². The largest absolute Gasteiger partial charge is 0.494 e. The lowest BCUT2D eigenvalue weighted by Crippen LogP contribution is -2.37. The lowest BCUT2D eigenvalue weighted by molar-refractivity contribution is -0.123. The van der Waals surface area contributed by atoms with Crippen molar-refractivity contribution in [1.82, 2.24) is 54.7 Å². The van der Waals surface area contributed by atoms with E-state index in [0.29, 0.717) is 13.0 Å². The molecule has 1 N–H and O–H groups in total. The van der Waals surface area contributed by atoms with Crippen LogP contribution in [0, 0.1) is 6.92 Å². The number of fused-ring (bicyclic) bond motifs is 3. The number of Topliss-reactive ketones (excluding diaryl/α,β-unsaturated/α-hetero) is 2. The molecule has 4 aliphatic rings. The molecule has 0 aliphatic carbocycles. The molecular formula is C84H99N15O6S2. The quantitative estimate of drug-likeness (QED) is 0.0672. The first kappa shape index (κ1) is 75.3. The lowest BCUT2D eigenvalue weighted by atomic mass is 10.1. The molecule has 107 heavy (non-hydrogen) atoms. The van der Waals surface area contributed by atoms with Gasteiger partial charge in [-0.1, -0.05) is 73.7 Å². The molecule has 11 aromatic rings. The Kier molecular flexibility index (Phi) is 25.8. The lowest BCUT2D eigenvalue weighted by Gasteiger charge is -2.30. The highest BCUT2D eigenvalue weighted by Gasteiger charge is 2.33. The number of benzene rings is 5. The van der Waals surface area contributed by atoms with Crippen molar-refractivity contribution in [1.29, 1.82) is 0 Å². The van der Waals surface area contributed by atoms with Crippen molar-refractivity contribution in [2.24, 2.45) is 0 Å². The standard InChI is InChI=1S/C30H36N6O2.C27H35N5O2S.C27H28N4O2S/c1-3-13-31-27(37)22-38-30-23(2)20-24-9-7-14-32-28(24)29(30)35-16-8-15-34(18-19-35)21-25-12-17-36(33-25)26-10-5-4-6-11-26;1-20(33)18-23(22-19-35-27(29-22)32-12-4-3-5-13-32)30-14-7-15-31(17-16-30)26-24(34-2)10-9-21-8-6-11-28-25(21)26;1-19(32)25(22-18-34-27(29-22)21-8-4-3-5-9-21)30-14-7-15-31(17-16-30)26-23(33-2)12-11-20-10-6-13-28-24(20)26/h4-7,9-12,14,17,20H,3,8,13,15-16,18-19,21-22H2,1-2H3,(H,31,37);6,8-11,19,23H,3-5,7,12-18H2,1-2H3;3-6,8-13,18,25H,7,14-17H2,1-2H3. The number of pyridine rings is 3. The van der Waals surface area contributed by atoms with E-state index < -0.39 is 0 Å². The molecule has 5 aromatic carbocycles. The Morgan fingerprint density at radius 2 is 1.13 bits per heavy atom. The van der Waals surface area contributed by atoms with Crippen LogP contribution in [0.4, 0.5) is 22.2 Å². The van der Waals surface area contributed by atoms with E-state index >= 15 is 0 Å². The van der Waals surface area contributed by atoms with Gasteiger partial charge in [-0.05, 0) is 138 Å². The van der Waals surface area contributed by atoms with Crippen LogP contribution in [0.25, 0.3) is 49.0 Å². The van der Waals surface area contributed by atoms with Crippen LogP contribution < -0.4 is 39.1 Å². The highest BCUT2D eigenvalue weighted by Crippen LogP contribution is 2.42. The molecule has 4 aliphatic heterocycles. The summed E-state index contributed by atoms with van der Waals surface area (Å²) in [4.78, 5) is 78.1. The molecule has 21 nitrogen and oxygen atoms in total. The number of hydrogen-bond acceptors (Lipinski definition) is 21. The molecule has 0 radical (unpaired) electrons. The van der Waals surface area contributed by atoms with Gasteiger partial charge in [0, 0.05) is 168 Å². The van der Waals surface area contributed by atoms with Gasteiger partial charge in [0.1, 0.15) is 51.1 Å². The Labute approximate surface area is 636 Å². The van der Waals surface area contributed by atoms with Gasteiger partial charge in [-0.15, -0.1) is 22.7 Å². The van der Waals surface area contributed by atoms with E-state index in [9.17, 15) is 14.4 Å². The van der Waals surface area contributed by atoms with Gasteiger partial charge in [0.2, 0.25) is 0 Å². The predicted octanol–water partition coefficient (Wildman–Crippen LogP) is 14.5. The maximum Gasteiger partial charge on any atom is 0.257 e. The smallest absolute Gasteiger partial charge is 0.257 e. The van der Waals surface area contributed by atoms with Gasteiger partial charge in [-0.2, -0.15) is 5.10 Å². The average Bonchev–Trinajstić information content (AvgIpc) is 1.21. The van der Waals surface area contributed by atoms with Crippen molar-refractivity contribution in [3.63, 3.8) is 0 Å². The molecule has 0 spiro atoms. The summed E-state index contributed by atoms with van der Waals surface area (Å²) in [5.74, 6) is 2.67. The number of hydrogen-bond donors (Lipinski definition) is 1. The third-order valence-electron chi connectivity index (χ3n) is 20.4. The number of aromatic nitrogens is 7. The molecule has 2 atom stereocenters. The topological polar surface area (TPSA) is 196 Å². The molecule has 1 amide bonds. The van der Waals surface area contributed by atoms with Crippen molar-refractivity contribution in [3.8, 4) is 33.5 Å². The third-order valence-corrected chi connectivity index (χ3v) is 22.2. The Morgan fingerprint density at radius 3 is 1.77 bits per heavy atom. The number of amides is 1. The summed E-state index contributed by atoms with van der Waals surface area (Å²) < 4.78 is 19.6. The normalized spacial score (nSPS) is 16.2. The van der Waals surface area contributed by atoms with Crippen molar-refractivity contribution >= 4 is 95.0 Å². The molecule has 6 aromatic heterocycles. The summed E-state index contributed by atoms with van der Waals surface area (Å²) in [6.07, 6.45) is 15.7. The number of nitrogens with one attached hydrogen (secondary N) is 1. The van der Waals surface area contributed by atoms with Crippen LogP contribution in [0.1, 0.15) is 107 Å². The number of rotatable bonds is 22. The van der Waals surface area contributed by atoms with Crippen LogP contribution >= 0.6 is 22.7 Å². The summed E-state index contributed by atoms with van der Waals surface area (Å²) in [7, 11) is 3.43. The van der Waals surface area contributed by atoms with Crippen molar-refractivity contribution in [3.05, 3.63) is 192 Å². The molecule has 4 fully saturated rings. The second-order valence-electron chi connectivity index (χ2n) is 27.9. The number of carbonyl (C=O) groups is 3. The zero-order valence-corrected chi connectivity index (χ0v) is 64.2. The van der Waals surface area contributed by atoms with E-state index in [1.807, 2.05) is 121 Å². The first-order valence-corrected chi connectivity index (χ1v) is 39.5. The zero-order chi connectivity index (χ0) is 74.0. The van der Waals surface area contributed by atoms with Crippen LogP contribution in [0.3, 0.4) is 0 Å². The Hall–Kier alpha value is -9.91. The number of thiazole rings is 2. The highest BCUT2D eigenvalue weighted by molar-refractivity contribution is 7.13. The van der Waals surface area contributed by atoms with Crippen molar-refractivity contribution < 1.29 is 28.6 Å². The van der Waals surface area contributed by atoms with Crippen LogP contribution in [0.15, 0.2) is 169 Å². The first-order chi connectivity index (χ1) is 52.4. The Balaban J connectivity index is 0.000000142. The van der Waals surface area contributed by atoms with Gasteiger partial charge in [-0.3, -0.25) is 44.0 Å². The number of carbonyl (C=O) groups excluding carboxylic acids is 3. The molecule has 10 heterocycles. The van der Waals surface area contributed by atoms with Gasteiger partial charge in [0.05, 0.1) is 59.6 Å². The Morgan fingerprint density at radius 1 is 0.551 bits per heavy atom. The average molecular weight is 1480 g/mol. The molecule has 15 rings (SSSR count). The number of para-hydroxylation sites is 1. The van der Waals surface area contributed by atoms with E-state index in [2.05, 4.69) is 111 Å². The van der Waals surface area contributed by atoms with Crippen LogP contribution in [0.5, 0.6) is 17.2 Å². The summed E-state index contributed by atoms with van der Waals surface area (Å²) in [5.41, 5.74) is 12.0. The molecule has 2 unspecified atom stereocenters. The summed E-state index contributed by atoms with van der Waals surface area (Å²) >= 11 is 3.32. The predicted molar refractivity (Wildman–Crippen MR) is 432 cm³/mol. The summed E-state index contributed by atoms with van der Waals surface area (Å²) in [6.45, 7) is 21.5. The number of aryl methyl sites for hydroxylation is 1. The maximum atomic E-state index is 12.8. The minimum absolute atomic E-state index is 0.00375. The fourth-order valence-corrected chi connectivity index (χ4v) is 17.0. The number of ketones is 2. The van der Waals surface area contributed by atoms with Crippen LogP contribution in [-0.2, 0) is 20.9 Å². The number of piperidine rings is 1. The molecule has 558 valence electrons. The monoisotopic (exact) mass is 1480 g/mol. The van der Waals surface area contributed by atoms with E-state index in [4.69, 9.17) is 39.2 Å². The molecule has 0 bridgehead atoms. The number of anilines is 4. The van der Waals surface area contributed by atoms with Gasteiger partial charge >= 0.3 is 0 Å². The van der Waals surface area contributed by atoms with E-state index in [1.165, 1.54) is 19.3 Å². The summed E-state index contributed by atoms with van der Waals surface area (Å²) in [6, 6.07) is 44.5. The summed E-state index contributed by atoms with van der Waals surface area (Å²) in [5, 5.41) is 17.3. The van der Waals surface area contributed by atoms with Crippen LogP contribution in [0.2, 0.25) is 0 Å². The zero-order valence-electron chi connectivity index (χ0n) is 62.5. The first-order valence-electron chi connectivity index (χ1n) is 37.8. The highest BCUT2D eigenvalue weighted by atomic mass is 32.1. The third kappa shape index (κ3) is 18.6.